The number of halogens is 5. The van der Waals surface area contributed by atoms with E-state index < -0.39 is 41.3 Å². The predicted molar refractivity (Wildman–Crippen MR) is 76.2 cm³/mol. The lowest BCUT2D eigenvalue weighted by atomic mass is 9.98. The highest BCUT2D eigenvalue weighted by molar-refractivity contribution is 5.43. The van der Waals surface area contributed by atoms with Crippen molar-refractivity contribution in [1.82, 2.24) is 0 Å². The second-order valence-corrected chi connectivity index (χ2v) is 5.61. The van der Waals surface area contributed by atoms with E-state index in [1.165, 1.54) is 6.92 Å². The number of hydrogen-bond acceptors (Lipinski definition) is 3. The maximum atomic E-state index is 14.2. The first-order valence-electron chi connectivity index (χ1n) is 7.68. The number of rotatable bonds is 6. The van der Waals surface area contributed by atoms with Gasteiger partial charge in [-0.15, -0.1) is 0 Å². The van der Waals surface area contributed by atoms with E-state index in [9.17, 15) is 22.0 Å². The van der Waals surface area contributed by atoms with Gasteiger partial charge in [0.05, 0.1) is 30.8 Å². The summed E-state index contributed by atoms with van der Waals surface area (Å²) >= 11 is 0. The van der Waals surface area contributed by atoms with Crippen LogP contribution in [-0.4, -0.2) is 25.4 Å². The van der Waals surface area contributed by atoms with E-state index >= 15 is 0 Å². The van der Waals surface area contributed by atoms with Gasteiger partial charge in [0.25, 0.3) is 6.43 Å². The fourth-order valence-corrected chi connectivity index (χ4v) is 2.50. The predicted octanol–water partition coefficient (Wildman–Crippen LogP) is 4.95. The third-order valence-corrected chi connectivity index (χ3v) is 3.85. The molecular formula is C16H19F5O3. The van der Waals surface area contributed by atoms with Gasteiger partial charge in [0.2, 0.25) is 0 Å². The van der Waals surface area contributed by atoms with E-state index in [1.54, 1.807) is 6.92 Å². The molecule has 2 unspecified atom stereocenters. The van der Waals surface area contributed by atoms with E-state index in [-0.39, 0.29) is 25.7 Å². The van der Waals surface area contributed by atoms with Crippen LogP contribution in [0.2, 0.25) is 0 Å². The first-order valence-corrected chi connectivity index (χ1v) is 7.68. The van der Waals surface area contributed by atoms with Crippen LogP contribution in [0.5, 0.6) is 11.5 Å². The van der Waals surface area contributed by atoms with E-state index in [1.807, 2.05) is 0 Å². The van der Waals surface area contributed by atoms with E-state index in [0.29, 0.717) is 6.42 Å². The number of benzene rings is 1. The van der Waals surface area contributed by atoms with Crippen LogP contribution in [0.25, 0.3) is 0 Å². The number of ether oxygens (including phenoxy) is 3. The minimum atomic E-state index is -3.73. The molecule has 0 bridgehead atoms. The van der Waals surface area contributed by atoms with Crippen molar-refractivity contribution in [3.63, 3.8) is 0 Å². The normalized spacial score (nSPS) is 21.8. The topological polar surface area (TPSA) is 27.7 Å². The fraction of sp³-hybridized carbons (Fsp3) is 0.625. The molecule has 0 amide bonds. The summed E-state index contributed by atoms with van der Waals surface area (Å²) in [6, 6.07) is 1.87. The zero-order valence-electron chi connectivity index (χ0n) is 13.3. The summed E-state index contributed by atoms with van der Waals surface area (Å²) in [6.07, 6.45) is -6.54. The van der Waals surface area contributed by atoms with Crippen LogP contribution >= 0.6 is 0 Å². The summed E-state index contributed by atoms with van der Waals surface area (Å²) in [5, 5.41) is 0. The van der Waals surface area contributed by atoms with Crippen molar-refractivity contribution in [3.8, 4) is 11.5 Å². The molecule has 8 heteroatoms. The van der Waals surface area contributed by atoms with Gasteiger partial charge >= 0.3 is 6.11 Å². The minimum Gasteiger partial charge on any atom is -0.493 e. The molecule has 0 aliphatic carbocycles. The lowest BCUT2D eigenvalue weighted by Gasteiger charge is -2.32. The van der Waals surface area contributed by atoms with Crippen molar-refractivity contribution < 1.29 is 36.2 Å². The molecule has 0 aromatic heterocycles. The zero-order chi connectivity index (χ0) is 17.9. The van der Waals surface area contributed by atoms with Gasteiger partial charge in [0.15, 0.2) is 11.6 Å². The van der Waals surface area contributed by atoms with Gasteiger partial charge in [0, 0.05) is 0 Å². The molecule has 0 spiro atoms. The average molecular weight is 354 g/mol. The molecule has 0 saturated carbocycles. The van der Waals surface area contributed by atoms with E-state index in [0.717, 1.165) is 12.1 Å². The summed E-state index contributed by atoms with van der Waals surface area (Å²) in [5.74, 6) is -4.14. The first kappa shape index (κ1) is 18.8. The minimum absolute atomic E-state index is 0.0348. The SMILES string of the molecule is CCOc1ccc(OC(F)(F)C2CCC(C)OC2)c(F)c1C(F)F. The highest BCUT2D eigenvalue weighted by Gasteiger charge is 2.45. The fourth-order valence-electron chi connectivity index (χ4n) is 2.50. The van der Waals surface area contributed by atoms with Crippen LogP contribution in [0.4, 0.5) is 22.0 Å². The number of hydrogen-bond donors (Lipinski definition) is 0. The molecule has 1 fully saturated rings. The van der Waals surface area contributed by atoms with Gasteiger partial charge in [-0.3, -0.25) is 0 Å². The summed E-state index contributed by atoms with van der Waals surface area (Å²) in [5.41, 5.74) is -1.08. The van der Waals surface area contributed by atoms with Crippen LogP contribution in [0.15, 0.2) is 12.1 Å². The Morgan fingerprint density at radius 2 is 1.92 bits per heavy atom. The zero-order valence-corrected chi connectivity index (χ0v) is 13.3. The maximum Gasteiger partial charge on any atom is 0.403 e. The Hall–Kier alpha value is -1.57. The second kappa shape index (κ2) is 7.55. The van der Waals surface area contributed by atoms with Gasteiger partial charge in [-0.25, -0.2) is 13.2 Å². The molecule has 1 aliphatic heterocycles. The van der Waals surface area contributed by atoms with Gasteiger partial charge < -0.3 is 14.2 Å². The molecule has 2 atom stereocenters. The number of alkyl halides is 4. The Balaban J connectivity index is 2.24. The third-order valence-electron chi connectivity index (χ3n) is 3.85. The van der Waals surface area contributed by atoms with Crippen molar-refractivity contribution in [3.05, 3.63) is 23.5 Å². The summed E-state index contributed by atoms with van der Waals surface area (Å²) in [7, 11) is 0. The quantitative estimate of drug-likeness (QED) is 0.677. The van der Waals surface area contributed by atoms with Crippen molar-refractivity contribution >= 4 is 0 Å². The van der Waals surface area contributed by atoms with Crippen molar-refractivity contribution in [1.29, 1.82) is 0 Å². The average Bonchev–Trinajstić information content (AvgIpc) is 2.50. The van der Waals surface area contributed by atoms with Crippen molar-refractivity contribution in [2.24, 2.45) is 5.92 Å². The molecule has 1 aromatic rings. The van der Waals surface area contributed by atoms with Gasteiger partial charge in [-0.05, 0) is 38.8 Å². The van der Waals surface area contributed by atoms with Gasteiger partial charge in [0.1, 0.15) is 5.75 Å². The van der Waals surface area contributed by atoms with Crippen LogP contribution in [-0.2, 0) is 4.74 Å². The van der Waals surface area contributed by atoms with Crippen LogP contribution in [0.1, 0.15) is 38.7 Å². The molecule has 1 saturated heterocycles. The lowest BCUT2D eigenvalue weighted by Crippen LogP contribution is -2.41. The molecule has 1 aromatic carbocycles. The van der Waals surface area contributed by atoms with Crippen molar-refractivity contribution in [2.75, 3.05) is 13.2 Å². The Kier molecular flexibility index (Phi) is 5.90. The largest absolute Gasteiger partial charge is 0.493 e. The molecule has 136 valence electrons. The summed E-state index contributed by atoms with van der Waals surface area (Å²) in [4.78, 5) is 0. The first-order chi connectivity index (χ1) is 11.3. The Bertz CT molecular complexity index is 557. The second-order valence-electron chi connectivity index (χ2n) is 5.61. The molecule has 1 heterocycles. The summed E-state index contributed by atoms with van der Waals surface area (Å²) in [6.45, 7) is 3.09. The maximum absolute atomic E-state index is 14.2. The molecule has 1 aliphatic rings. The van der Waals surface area contributed by atoms with Gasteiger partial charge in [-0.1, -0.05) is 0 Å². The highest BCUT2D eigenvalue weighted by Crippen LogP contribution is 2.40. The molecule has 24 heavy (non-hydrogen) atoms. The van der Waals surface area contributed by atoms with E-state index in [2.05, 4.69) is 4.74 Å². The van der Waals surface area contributed by atoms with Gasteiger partial charge in [-0.2, -0.15) is 8.78 Å². The molecular weight excluding hydrogens is 335 g/mol. The van der Waals surface area contributed by atoms with Crippen molar-refractivity contribution in [2.45, 2.75) is 45.3 Å². The highest BCUT2D eigenvalue weighted by atomic mass is 19.3. The Morgan fingerprint density at radius 3 is 2.46 bits per heavy atom. The molecule has 2 rings (SSSR count). The molecule has 0 N–H and O–H groups in total. The van der Waals surface area contributed by atoms with E-state index in [4.69, 9.17) is 9.47 Å². The lowest BCUT2D eigenvalue weighted by molar-refractivity contribution is -0.241. The standard InChI is InChI=1S/C16H19F5O3/c1-3-22-11-6-7-12(14(17)13(11)15(18)19)24-16(20,21)10-5-4-9(2)23-8-10/h6-7,9-10,15H,3-5,8H2,1-2H3. The van der Waals surface area contributed by atoms with Crippen LogP contribution < -0.4 is 9.47 Å². The van der Waals surface area contributed by atoms with Crippen LogP contribution in [0.3, 0.4) is 0 Å². The van der Waals surface area contributed by atoms with Crippen LogP contribution in [0, 0.1) is 11.7 Å². The summed E-state index contributed by atoms with van der Waals surface area (Å²) < 4.78 is 83.2. The Labute approximate surface area is 136 Å². The molecule has 0 radical (unpaired) electrons. The molecule has 3 nitrogen and oxygen atoms in total. The smallest absolute Gasteiger partial charge is 0.403 e. The monoisotopic (exact) mass is 354 g/mol. The third kappa shape index (κ3) is 4.09. The Morgan fingerprint density at radius 1 is 1.25 bits per heavy atom.